The molecule has 2 aromatic rings. The summed E-state index contributed by atoms with van der Waals surface area (Å²) in [7, 11) is 1.50. The molecule has 2 aliphatic heterocycles. The SMILES string of the molecule is COc1cccc(-c2cc(F)ccc2C2C[C@H]3N=C(N)N=C(C)C3C(NOC(CCO)C(=O)O)=N2)n1. The highest BCUT2D eigenvalue weighted by Crippen LogP contribution is 2.39. The summed E-state index contributed by atoms with van der Waals surface area (Å²) in [4.78, 5) is 34.9. The minimum Gasteiger partial charge on any atom is -0.481 e. The van der Waals surface area contributed by atoms with Crippen molar-refractivity contribution in [3.63, 3.8) is 0 Å². The number of aliphatic hydroxyl groups is 1. The van der Waals surface area contributed by atoms with E-state index in [0.717, 1.165) is 0 Å². The summed E-state index contributed by atoms with van der Waals surface area (Å²) >= 11 is 0. The van der Waals surface area contributed by atoms with Crippen molar-refractivity contribution < 1.29 is 29.0 Å². The maximum absolute atomic E-state index is 14.3. The molecule has 0 spiro atoms. The van der Waals surface area contributed by atoms with Crippen LogP contribution in [0.4, 0.5) is 4.39 Å². The summed E-state index contributed by atoms with van der Waals surface area (Å²) in [6.07, 6.45) is -0.978. The van der Waals surface area contributed by atoms with E-state index in [1.165, 1.54) is 19.2 Å². The number of amidine groups is 1. The third-order valence-corrected chi connectivity index (χ3v) is 6.03. The number of ether oxygens (including phenoxy) is 1. The lowest BCUT2D eigenvalue weighted by atomic mass is 9.82. The van der Waals surface area contributed by atoms with E-state index in [-0.39, 0.29) is 25.0 Å². The molecule has 190 valence electrons. The third-order valence-electron chi connectivity index (χ3n) is 6.03. The van der Waals surface area contributed by atoms with Gasteiger partial charge in [0.25, 0.3) is 0 Å². The number of carbonyl (C=O) groups is 1. The Balaban J connectivity index is 1.76. The second-order valence-electron chi connectivity index (χ2n) is 8.41. The van der Waals surface area contributed by atoms with Gasteiger partial charge in [-0.15, -0.1) is 0 Å². The fourth-order valence-electron chi connectivity index (χ4n) is 4.39. The summed E-state index contributed by atoms with van der Waals surface area (Å²) in [5.41, 5.74) is 11.0. The van der Waals surface area contributed by atoms with Crippen LogP contribution in [0.5, 0.6) is 5.88 Å². The Morgan fingerprint density at radius 3 is 2.83 bits per heavy atom. The van der Waals surface area contributed by atoms with Gasteiger partial charge in [-0.05, 0) is 37.1 Å². The monoisotopic (exact) mass is 498 g/mol. The molecule has 12 heteroatoms. The second-order valence-corrected chi connectivity index (χ2v) is 8.41. The number of pyridine rings is 1. The maximum Gasteiger partial charge on any atom is 0.335 e. The first-order chi connectivity index (χ1) is 17.3. The first kappa shape index (κ1) is 25.2. The van der Waals surface area contributed by atoms with E-state index in [2.05, 4.69) is 20.4 Å². The predicted molar refractivity (Wildman–Crippen MR) is 130 cm³/mol. The molecule has 5 N–H and O–H groups in total. The average Bonchev–Trinajstić information content (AvgIpc) is 2.85. The number of rotatable bonds is 8. The summed E-state index contributed by atoms with van der Waals surface area (Å²) in [5, 5.41) is 18.6. The number of nitrogens with zero attached hydrogens (tertiary/aromatic N) is 4. The standard InChI is InChI=1S/C24H27FN6O5/c1-12-21-18(30-24(26)27-12)11-17(29-22(21)31-36-19(8-9-32)23(33)34)14-7-6-13(25)10-15(14)16-4-3-5-20(28-16)35-2/h3-7,10,17-19,21,32H,8-9,11H2,1-2H3,(H2,26,30)(H,29,31)(H,33,34)/t17?,18-,19?,21?/m1/s1. The van der Waals surface area contributed by atoms with Crippen molar-refractivity contribution in [1.29, 1.82) is 0 Å². The van der Waals surface area contributed by atoms with Gasteiger partial charge >= 0.3 is 5.97 Å². The molecule has 1 aromatic carbocycles. The minimum atomic E-state index is -1.30. The van der Waals surface area contributed by atoms with Crippen molar-refractivity contribution in [2.75, 3.05) is 13.7 Å². The van der Waals surface area contributed by atoms with E-state index < -0.39 is 29.9 Å². The van der Waals surface area contributed by atoms with Gasteiger partial charge < -0.3 is 20.7 Å². The van der Waals surface area contributed by atoms with E-state index in [1.807, 2.05) is 0 Å². The number of carboxylic acids is 1. The van der Waals surface area contributed by atoms with Gasteiger partial charge in [-0.2, -0.15) is 0 Å². The fraction of sp³-hybridized carbons (Fsp3) is 0.375. The number of carboxylic acid groups (broad SMARTS) is 1. The van der Waals surface area contributed by atoms with Gasteiger partial charge in [0.05, 0.1) is 30.8 Å². The smallest absolute Gasteiger partial charge is 0.335 e. The summed E-state index contributed by atoms with van der Waals surface area (Å²) in [6.45, 7) is 1.41. The zero-order valence-corrected chi connectivity index (χ0v) is 19.8. The van der Waals surface area contributed by atoms with Crippen molar-refractivity contribution in [3.05, 3.63) is 47.8 Å². The van der Waals surface area contributed by atoms with Crippen LogP contribution in [0.2, 0.25) is 0 Å². The number of methoxy groups -OCH3 is 1. The Labute approximate surface area is 206 Å². The number of hydroxylamine groups is 1. The number of fused-ring (bicyclic) bond motifs is 1. The number of aliphatic carboxylic acids is 1. The molecule has 11 nitrogen and oxygen atoms in total. The van der Waals surface area contributed by atoms with Crippen LogP contribution < -0.4 is 16.0 Å². The van der Waals surface area contributed by atoms with Crippen LogP contribution in [0, 0.1) is 11.7 Å². The molecular formula is C24H27FN6O5. The van der Waals surface area contributed by atoms with Crippen molar-refractivity contribution in [1.82, 2.24) is 10.5 Å². The van der Waals surface area contributed by atoms with Gasteiger partial charge in [0, 0.05) is 30.4 Å². The Hall–Kier alpha value is -3.90. The lowest BCUT2D eigenvalue weighted by molar-refractivity contribution is -0.154. The molecule has 0 bridgehead atoms. The summed E-state index contributed by atoms with van der Waals surface area (Å²) < 4.78 is 19.6. The molecule has 2 aliphatic rings. The largest absolute Gasteiger partial charge is 0.481 e. The number of hydrogen-bond acceptors (Lipinski definition) is 10. The van der Waals surface area contributed by atoms with Crippen LogP contribution in [0.1, 0.15) is 31.4 Å². The van der Waals surface area contributed by atoms with Gasteiger partial charge in [0.2, 0.25) is 11.8 Å². The lowest BCUT2D eigenvalue weighted by Gasteiger charge is -2.36. The molecule has 3 unspecified atom stereocenters. The normalized spacial score (nSPS) is 22.0. The molecule has 3 heterocycles. The summed E-state index contributed by atoms with van der Waals surface area (Å²) in [6, 6.07) is 8.69. The first-order valence-corrected chi connectivity index (χ1v) is 11.3. The van der Waals surface area contributed by atoms with Crippen LogP contribution >= 0.6 is 0 Å². The van der Waals surface area contributed by atoms with Crippen LogP contribution in [-0.2, 0) is 9.63 Å². The second kappa shape index (κ2) is 10.8. The highest BCUT2D eigenvalue weighted by molar-refractivity contribution is 6.11. The molecule has 4 atom stereocenters. The lowest BCUT2D eigenvalue weighted by Crippen LogP contribution is -2.49. The van der Waals surface area contributed by atoms with E-state index >= 15 is 0 Å². The number of aliphatic hydroxyl groups excluding tert-OH is 1. The van der Waals surface area contributed by atoms with Crippen molar-refractivity contribution in [2.24, 2.45) is 26.6 Å². The van der Waals surface area contributed by atoms with Crippen molar-refractivity contribution in [2.45, 2.75) is 38.0 Å². The number of hydrogen-bond donors (Lipinski definition) is 4. The predicted octanol–water partition coefficient (Wildman–Crippen LogP) is 1.87. The zero-order chi connectivity index (χ0) is 25.8. The van der Waals surface area contributed by atoms with Gasteiger partial charge in [0.1, 0.15) is 11.7 Å². The van der Waals surface area contributed by atoms with Crippen molar-refractivity contribution >= 4 is 23.5 Å². The Bertz CT molecular complexity index is 1230. The van der Waals surface area contributed by atoms with Gasteiger partial charge in [-0.3, -0.25) is 15.3 Å². The van der Waals surface area contributed by atoms with Gasteiger partial charge in [0.15, 0.2) is 6.10 Å². The molecule has 0 radical (unpaired) electrons. The molecule has 1 aromatic heterocycles. The van der Waals surface area contributed by atoms with Crippen LogP contribution in [0.3, 0.4) is 0 Å². The van der Waals surface area contributed by atoms with Crippen LogP contribution in [0.25, 0.3) is 11.3 Å². The Morgan fingerprint density at radius 1 is 1.31 bits per heavy atom. The molecule has 4 rings (SSSR count). The molecule has 36 heavy (non-hydrogen) atoms. The van der Waals surface area contributed by atoms with Gasteiger partial charge in [-0.1, -0.05) is 12.1 Å². The first-order valence-electron chi connectivity index (χ1n) is 11.3. The molecule has 0 amide bonds. The molecular weight excluding hydrogens is 471 g/mol. The topological polar surface area (TPSA) is 164 Å². The van der Waals surface area contributed by atoms with E-state index in [1.54, 1.807) is 31.2 Å². The molecule has 0 saturated carbocycles. The van der Waals surface area contributed by atoms with Crippen LogP contribution in [0.15, 0.2) is 51.4 Å². The zero-order valence-electron chi connectivity index (χ0n) is 19.8. The number of halogens is 1. The highest BCUT2D eigenvalue weighted by atomic mass is 19.1. The van der Waals surface area contributed by atoms with Crippen LogP contribution in [-0.4, -0.2) is 64.5 Å². The number of nitrogens with one attached hydrogen (secondary N) is 1. The highest BCUT2D eigenvalue weighted by Gasteiger charge is 2.39. The van der Waals surface area contributed by atoms with E-state index in [9.17, 15) is 19.4 Å². The number of aromatic nitrogens is 1. The minimum absolute atomic E-state index is 0.116. The fourth-order valence-corrected chi connectivity index (χ4v) is 4.39. The summed E-state index contributed by atoms with van der Waals surface area (Å²) in [5.74, 6) is -1.27. The van der Waals surface area contributed by atoms with E-state index in [0.29, 0.717) is 40.7 Å². The Morgan fingerprint density at radius 2 is 2.11 bits per heavy atom. The Kier molecular flexibility index (Phi) is 7.55. The number of guanidine groups is 1. The van der Waals surface area contributed by atoms with E-state index in [4.69, 9.17) is 20.3 Å². The molecule has 0 aliphatic carbocycles. The van der Waals surface area contributed by atoms with Crippen molar-refractivity contribution in [3.8, 4) is 17.1 Å². The molecule has 0 saturated heterocycles. The molecule has 0 fully saturated rings. The quantitative estimate of drug-likeness (QED) is 0.401. The average molecular weight is 499 g/mol. The number of benzene rings is 1. The third kappa shape index (κ3) is 5.34. The van der Waals surface area contributed by atoms with Gasteiger partial charge in [-0.25, -0.2) is 24.2 Å². The maximum atomic E-state index is 14.3. The number of aliphatic imine (C=N–C) groups is 3. The number of nitrogens with two attached hydrogens (primary N) is 1.